The molecule has 1 heterocycles. The summed E-state index contributed by atoms with van der Waals surface area (Å²) in [5.74, 6) is 0.254. The van der Waals surface area contributed by atoms with Crippen LogP contribution in [0, 0.1) is 11.7 Å². The van der Waals surface area contributed by atoms with E-state index in [-0.39, 0.29) is 23.7 Å². The third-order valence-electron chi connectivity index (χ3n) is 7.80. The predicted molar refractivity (Wildman–Crippen MR) is 143 cm³/mol. The Labute approximate surface area is 210 Å². The Balaban J connectivity index is 1.67. The zero-order chi connectivity index (χ0) is 24.6. The van der Waals surface area contributed by atoms with Crippen LogP contribution in [0.25, 0.3) is 10.9 Å². The average molecular weight is 477 g/mol. The van der Waals surface area contributed by atoms with Crippen LogP contribution in [0.15, 0.2) is 54.7 Å². The van der Waals surface area contributed by atoms with E-state index in [1.807, 2.05) is 6.07 Å². The van der Waals surface area contributed by atoms with E-state index in [0.29, 0.717) is 12.3 Å². The highest BCUT2D eigenvalue weighted by Gasteiger charge is 2.25. The highest BCUT2D eigenvalue weighted by atomic mass is 19.1. The summed E-state index contributed by atoms with van der Waals surface area (Å²) in [7, 11) is 0. The number of aromatic nitrogens is 1. The van der Waals surface area contributed by atoms with Gasteiger partial charge in [0.15, 0.2) is 0 Å². The maximum Gasteiger partial charge on any atom is 0.221 e. The summed E-state index contributed by atoms with van der Waals surface area (Å²) in [5.41, 5.74) is 3.19. The minimum Gasteiger partial charge on any atom is -0.353 e. The van der Waals surface area contributed by atoms with Crippen LogP contribution in [0.2, 0.25) is 0 Å². The maximum atomic E-state index is 14.3. The molecule has 0 aliphatic heterocycles. The van der Waals surface area contributed by atoms with E-state index < -0.39 is 0 Å². The summed E-state index contributed by atoms with van der Waals surface area (Å²) >= 11 is 0. The van der Waals surface area contributed by atoms with Crippen molar-refractivity contribution in [2.45, 2.75) is 96.6 Å². The van der Waals surface area contributed by atoms with Crippen LogP contribution in [-0.4, -0.2) is 16.5 Å². The van der Waals surface area contributed by atoms with Crippen LogP contribution < -0.4 is 5.32 Å². The standard InChI is InChI=1S/C31H41FN2O/c1-3-5-12-23(4-2)21-34-22-29(27-17-9-10-18-30(27)34)28(24-13-11-14-25(32)19-24)20-31(35)33-26-15-7-6-8-16-26/h9-11,13-14,17-19,22-23,26,28H,3-8,12,15-16,20-21H2,1-2H3,(H,33,35). The zero-order valence-corrected chi connectivity index (χ0v) is 21.4. The summed E-state index contributed by atoms with van der Waals surface area (Å²) < 4.78 is 16.7. The number of hydrogen-bond donors (Lipinski definition) is 1. The molecule has 1 amide bonds. The number of hydrogen-bond acceptors (Lipinski definition) is 1. The molecule has 1 aliphatic rings. The van der Waals surface area contributed by atoms with Gasteiger partial charge in [-0.3, -0.25) is 4.79 Å². The van der Waals surface area contributed by atoms with Crippen LogP contribution in [-0.2, 0) is 11.3 Å². The first kappa shape index (κ1) is 25.5. The lowest BCUT2D eigenvalue weighted by Gasteiger charge is -2.24. The fraction of sp³-hybridized carbons (Fsp3) is 0.516. The van der Waals surface area contributed by atoms with Crippen LogP contribution in [0.3, 0.4) is 0 Å². The third kappa shape index (κ3) is 6.54. The number of benzene rings is 2. The Bertz CT molecular complexity index is 1100. The number of nitrogens with one attached hydrogen (secondary N) is 1. The molecule has 4 heteroatoms. The molecule has 1 fully saturated rings. The van der Waals surface area contributed by atoms with Crippen molar-refractivity contribution in [1.29, 1.82) is 0 Å². The fourth-order valence-electron chi connectivity index (χ4n) is 5.75. The molecule has 3 aromatic rings. The van der Waals surface area contributed by atoms with Gasteiger partial charge in [-0.2, -0.15) is 0 Å². The summed E-state index contributed by atoms with van der Waals surface area (Å²) in [6.45, 7) is 5.50. The predicted octanol–water partition coefficient (Wildman–Crippen LogP) is 7.97. The topological polar surface area (TPSA) is 34.0 Å². The molecule has 0 spiro atoms. The largest absolute Gasteiger partial charge is 0.353 e. The molecular weight excluding hydrogens is 435 g/mol. The average Bonchev–Trinajstić information content (AvgIpc) is 3.23. The number of unbranched alkanes of at least 4 members (excludes halogenated alkanes) is 1. The number of carbonyl (C=O) groups is 1. The molecule has 1 N–H and O–H groups in total. The van der Waals surface area contributed by atoms with Crippen molar-refractivity contribution in [3.05, 3.63) is 71.7 Å². The number of nitrogens with zero attached hydrogens (tertiary/aromatic N) is 1. The molecule has 1 saturated carbocycles. The molecule has 2 aromatic carbocycles. The zero-order valence-electron chi connectivity index (χ0n) is 21.4. The van der Waals surface area contributed by atoms with Gasteiger partial charge in [0, 0.05) is 42.0 Å². The Morgan fingerprint density at radius 2 is 1.89 bits per heavy atom. The Kier molecular flexibility index (Phi) is 9.01. The molecule has 0 bridgehead atoms. The van der Waals surface area contributed by atoms with E-state index in [9.17, 15) is 9.18 Å². The van der Waals surface area contributed by atoms with Crippen LogP contribution in [0.1, 0.15) is 95.1 Å². The molecule has 4 rings (SSSR count). The van der Waals surface area contributed by atoms with E-state index >= 15 is 0 Å². The number of rotatable bonds is 11. The minimum atomic E-state index is -0.255. The van der Waals surface area contributed by atoms with Crippen molar-refractivity contribution in [1.82, 2.24) is 9.88 Å². The molecule has 1 aliphatic carbocycles. The number of amides is 1. The van der Waals surface area contributed by atoms with E-state index in [4.69, 9.17) is 0 Å². The SMILES string of the molecule is CCCCC(CC)Cn1cc(C(CC(=O)NC2CCCCC2)c2cccc(F)c2)c2ccccc21. The second-order valence-electron chi connectivity index (χ2n) is 10.4. The minimum absolute atomic E-state index is 0.0670. The summed E-state index contributed by atoms with van der Waals surface area (Å²) in [5, 5.41) is 4.45. The Morgan fingerprint density at radius 1 is 1.09 bits per heavy atom. The molecule has 2 unspecified atom stereocenters. The van der Waals surface area contributed by atoms with Gasteiger partial charge in [-0.1, -0.05) is 82.7 Å². The second kappa shape index (κ2) is 12.4. The number of carbonyl (C=O) groups excluding carboxylic acids is 1. The molecule has 35 heavy (non-hydrogen) atoms. The van der Waals surface area contributed by atoms with Crippen molar-refractivity contribution < 1.29 is 9.18 Å². The van der Waals surface area contributed by atoms with E-state index in [1.54, 1.807) is 12.1 Å². The monoisotopic (exact) mass is 476 g/mol. The van der Waals surface area contributed by atoms with Gasteiger partial charge < -0.3 is 9.88 Å². The summed E-state index contributed by atoms with van der Waals surface area (Å²) in [6, 6.07) is 15.5. The van der Waals surface area contributed by atoms with Crippen LogP contribution in [0.5, 0.6) is 0 Å². The molecule has 0 radical (unpaired) electrons. The highest BCUT2D eigenvalue weighted by molar-refractivity contribution is 5.86. The lowest BCUT2D eigenvalue weighted by molar-refractivity contribution is -0.122. The summed E-state index contributed by atoms with van der Waals surface area (Å²) in [4.78, 5) is 13.2. The highest BCUT2D eigenvalue weighted by Crippen LogP contribution is 2.36. The Morgan fingerprint density at radius 3 is 2.63 bits per heavy atom. The smallest absolute Gasteiger partial charge is 0.221 e. The third-order valence-corrected chi connectivity index (χ3v) is 7.80. The van der Waals surface area contributed by atoms with E-state index in [2.05, 4.69) is 54.2 Å². The lowest BCUT2D eigenvalue weighted by atomic mass is 9.87. The molecule has 3 nitrogen and oxygen atoms in total. The fourth-order valence-corrected chi connectivity index (χ4v) is 5.75. The van der Waals surface area contributed by atoms with Gasteiger partial charge in [-0.05, 0) is 54.5 Å². The van der Waals surface area contributed by atoms with E-state index in [0.717, 1.165) is 42.3 Å². The van der Waals surface area contributed by atoms with Gasteiger partial charge >= 0.3 is 0 Å². The number of fused-ring (bicyclic) bond motifs is 1. The first-order chi connectivity index (χ1) is 17.1. The molecule has 2 atom stereocenters. The van der Waals surface area contributed by atoms with Crippen molar-refractivity contribution in [3.63, 3.8) is 0 Å². The maximum absolute atomic E-state index is 14.3. The van der Waals surface area contributed by atoms with Crippen molar-refractivity contribution >= 4 is 16.8 Å². The van der Waals surface area contributed by atoms with Crippen LogP contribution in [0.4, 0.5) is 4.39 Å². The van der Waals surface area contributed by atoms with E-state index in [1.165, 1.54) is 50.1 Å². The first-order valence-electron chi connectivity index (χ1n) is 13.7. The molecule has 188 valence electrons. The van der Waals surface area contributed by atoms with Gasteiger partial charge in [-0.15, -0.1) is 0 Å². The van der Waals surface area contributed by atoms with Gasteiger partial charge in [-0.25, -0.2) is 4.39 Å². The normalized spacial score (nSPS) is 16.3. The molecule has 0 saturated heterocycles. The quantitative estimate of drug-likeness (QED) is 0.299. The van der Waals surface area contributed by atoms with Crippen LogP contribution >= 0.6 is 0 Å². The van der Waals surface area contributed by atoms with Gasteiger partial charge in [0.1, 0.15) is 5.82 Å². The van der Waals surface area contributed by atoms with Gasteiger partial charge in [0.05, 0.1) is 0 Å². The van der Waals surface area contributed by atoms with Gasteiger partial charge in [0.2, 0.25) is 5.91 Å². The van der Waals surface area contributed by atoms with Crippen molar-refractivity contribution in [2.24, 2.45) is 5.92 Å². The lowest BCUT2D eigenvalue weighted by Crippen LogP contribution is -2.36. The number of para-hydroxylation sites is 1. The molecular formula is C31H41FN2O. The Hall–Kier alpha value is -2.62. The number of halogens is 1. The van der Waals surface area contributed by atoms with Gasteiger partial charge in [0.25, 0.3) is 0 Å². The second-order valence-corrected chi connectivity index (χ2v) is 10.4. The summed E-state index contributed by atoms with van der Waals surface area (Å²) in [6.07, 6.45) is 13.2. The molecule has 1 aromatic heterocycles. The first-order valence-corrected chi connectivity index (χ1v) is 13.7. The van der Waals surface area contributed by atoms with Crippen molar-refractivity contribution in [2.75, 3.05) is 0 Å². The van der Waals surface area contributed by atoms with Crippen molar-refractivity contribution in [3.8, 4) is 0 Å².